The number of ether oxygens (including phenoxy) is 1. The normalized spacial score (nSPS) is 10.4. The number of hydrogen-bond acceptors (Lipinski definition) is 4. The van der Waals surface area contributed by atoms with E-state index in [0.29, 0.717) is 11.3 Å². The standard InChI is InChI=1S/C11H12N2O2S/c1-3-7-9(11(14)15-2)10(13-12-7)8-5-4-6-16-8/h4-6H,3H2,1-2H3,(H,12,13). The molecule has 5 heteroatoms. The van der Waals surface area contributed by atoms with Gasteiger partial charge in [-0.15, -0.1) is 11.3 Å². The minimum absolute atomic E-state index is 0.339. The van der Waals surface area contributed by atoms with Gasteiger partial charge in [0.2, 0.25) is 0 Å². The molecule has 2 heterocycles. The highest BCUT2D eigenvalue weighted by atomic mass is 32.1. The van der Waals surface area contributed by atoms with Crippen LogP contribution in [0.2, 0.25) is 0 Å². The molecule has 0 radical (unpaired) electrons. The summed E-state index contributed by atoms with van der Waals surface area (Å²) < 4.78 is 4.78. The summed E-state index contributed by atoms with van der Waals surface area (Å²) in [5, 5.41) is 9.02. The third-order valence-corrected chi connectivity index (χ3v) is 3.22. The highest BCUT2D eigenvalue weighted by Crippen LogP contribution is 2.28. The first-order valence-corrected chi connectivity index (χ1v) is 5.85. The van der Waals surface area contributed by atoms with Gasteiger partial charge in [-0.2, -0.15) is 5.10 Å². The van der Waals surface area contributed by atoms with Gasteiger partial charge in [-0.1, -0.05) is 13.0 Å². The Labute approximate surface area is 97.3 Å². The first kappa shape index (κ1) is 10.9. The van der Waals surface area contributed by atoms with Crippen LogP contribution in [-0.2, 0) is 11.2 Å². The number of rotatable bonds is 3. The molecule has 4 nitrogen and oxygen atoms in total. The summed E-state index contributed by atoms with van der Waals surface area (Å²) in [4.78, 5) is 12.7. The molecule has 0 aromatic carbocycles. The molecule has 0 saturated heterocycles. The Hall–Kier alpha value is -1.62. The Morgan fingerprint density at radius 1 is 1.62 bits per heavy atom. The number of thiophene rings is 1. The number of nitrogens with one attached hydrogen (secondary N) is 1. The van der Waals surface area contributed by atoms with Gasteiger partial charge in [0.05, 0.1) is 17.7 Å². The second kappa shape index (κ2) is 4.49. The van der Waals surface area contributed by atoms with Crippen LogP contribution >= 0.6 is 11.3 Å². The van der Waals surface area contributed by atoms with Gasteiger partial charge < -0.3 is 4.74 Å². The van der Waals surface area contributed by atoms with Crippen molar-refractivity contribution in [2.45, 2.75) is 13.3 Å². The summed E-state index contributed by atoms with van der Waals surface area (Å²) in [6, 6.07) is 3.87. The lowest BCUT2D eigenvalue weighted by atomic mass is 10.1. The Morgan fingerprint density at radius 3 is 3.00 bits per heavy atom. The van der Waals surface area contributed by atoms with Gasteiger partial charge in [0.1, 0.15) is 11.3 Å². The Bertz CT molecular complexity index is 488. The molecule has 0 aliphatic rings. The fourth-order valence-corrected chi connectivity index (χ4v) is 2.27. The third kappa shape index (κ3) is 1.74. The molecular formula is C11H12N2O2S. The van der Waals surface area contributed by atoms with Gasteiger partial charge in [-0.05, 0) is 17.9 Å². The average molecular weight is 236 g/mol. The number of methoxy groups -OCH3 is 1. The second-order valence-corrected chi connectivity index (χ2v) is 4.20. The van der Waals surface area contributed by atoms with Gasteiger partial charge in [0.25, 0.3) is 0 Å². The molecule has 2 aromatic rings. The van der Waals surface area contributed by atoms with E-state index in [2.05, 4.69) is 10.2 Å². The van der Waals surface area contributed by atoms with E-state index in [1.54, 1.807) is 11.3 Å². The van der Waals surface area contributed by atoms with E-state index in [0.717, 1.165) is 17.0 Å². The van der Waals surface area contributed by atoms with Gasteiger partial charge in [-0.3, -0.25) is 5.10 Å². The van der Waals surface area contributed by atoms with Crippen molar-refractivity contribution in [3.8, 4) is 10.6 Å². The molecule has 0 atom stereocenters. The van der Waals surface area contributed by atoms with Gasteiger partial charge in [-0.25, -0.2) is 4.79 Å². The summed E-state index contributed by atoms with van der Waals surface area (Å²) in [6.07, 6.45) is 0.725. The lowest BCUT2D eigenvalue weighted by Crippen LogP contribution is -2.04. The molecular weight excluding hydrogens is 224 g/mol. The molecule has 16 heavy (non-hydrogen) atoms. The van der Waals surface area contributed by atoms with E-state index in [9.17, 15) is 4.79 Å². The fourth-order valence-electron chi connectivity index (χ4n) is 1.55. The Balaban J connectivity index is 2.54. The highest BCUT2D eigenvalue weighted by Gasteiger charge is 2.21. The SMILES string of the molecule is CCc1[nH]nc(-c2cccs2)c1C(=O)OC. The first-order valence-electron chi connectivity index (χ1n) is 4.97. The molecule has 2 rings (SSSR count). The number of nitrogens with zero attached hydrogens (tertiary/aromatic N) is 1. The molecule has 1 N–H and O–H groups in total. The largest absolute Gasteiger partial charge is 0.465 e. The number of carbonyl (C=O) groups is 1. The number of aromatic nitrogens is 2. The van der Waals surface area contributed by atoms with Crippen LogP contribution in [0.25, 0.3) is 10.6 Å². The summed E-state index contributed by atoms with van der Waals surface area (Å²) >= 11 is 1.55. The molecule has 0 aliphatic heterocycles. The lowest BCUT2D eigenvalue weighted by molar-refractivity contribution is 0.0600. The fraction of sp³-hybridized carbons (Fsp3) is 0.273. The molecule has 0 saturated carbocycles. The van der Waals surface area contributed by atoms with Gasteiger partial charge in [0, 0.05) is 0 Å². The van der Waals surface area contributed by atoms with Crippen LogP contribution < -0.4 is 0 Å². The Morgan fingerprint density at radius 2 is 2.44 bits per heavy atom. The predicted molar refractivity (Wildman–Crippen MR) is 62.6 cm³/mol. The second-order valence-electron chi connectivity index (χ2n) is 3.25. The van der Waals surface area contributed by atoms with Crippen molar-refractivity contribution in [2.24, 2.45) is 0 Å². The van der Waals surface area contributed by atoms with Gasteiger partial charge in [0.15, 0.2) is 0 Å². The maximum atomic E-state index is 11.7. The van der Waals surface area contributed by atoms with Crippen LogP contribution in [0.5, 0.6) is 0 Å². The molecule has 0 bridgehead atoms. The molecule has 84 valence electrons. The lowest BCUT2D eigenvalue weighted by Gasteiger charge is -2.00. The molecule has 0 spiro atoms. The quantitative estimate of drug-likeness (QED) is 0.833. The first-order chi connectivity index (χ1) is 7.77. The highest BCUT2D eigenvalue weighted by molar-refractivity contribution is 7.13. The average Bonchev–Trinajstić information content (AvgIpc) is 2.95. The topological polar surface area (TPSA) is 55.0 Å². The van der Waals surface area contributed by atoms with Crippen LogP contribution in [-0.4, -0.2) is 23.3 Å². The number of esters is 1. The van der Waals surface area contributed by atoms with Crippen LogP contribution in [0.4, 0.5) is 0 Å². The van der Waals surface area contributed by atoms with Crippen LogP contribution in [0.1, 0.15) is 23.0 Å². The zero-order valence-electron chi connectivity index (χ0n) is 9.11. The monoisotopic (exact) mass is 236 g/mol. The van der Waals surface area contributed by atoms with Crippen molar-refractivity contribution >= 4 is 17.3 Å². The van der Waals surface area contributed by atoms with E-state index in [1.807, 2.05) is 24.4 Å². The number of aromatic amines is 1. The molecule has 0 fully saturated rings. The molecule has 0 aliphatic carbocycles. The summed E-state index contributed by atoms with van der Waals surface area (Å²) in [5.41, 5.74) is 2.04. The van der Waals surface area contributed by atoms with Crippen LogP contribution in [0, 0.1) is 0 Å². The third-order valence-electron chi connectivity index (χ3n) is 2.34. The van der Waals surface area contributed by atoms with Crippen molar-refractivity contribution in [3.63, 3.8) is 0 Å². The van der Waals surface area contributed by atoms with Crippen LogP contribution in [0.15, 0.2) is 17.5 Å². The smallest absolute Gasteiger partial charge is 0.342 e. The minimum Gasteiger partial charge on any atom is -0.465 e. The number of carbonyl (C=O) groups excluding carboxylic acids is 1. The number of aryl methyl sites for hydroxylation is 1. The summed E-state index contributed by atoms with van der Waals surface area (Å²) in [6.45, 7) is 1.97. The van der Waals surface area contributed by atoms with E-state index in [1.165, 1.54) is 7.11 Å². The van der Waals surface area contributed by atoms with Crippen molar-refractivity contribution in [1.82, 2.24) is 10.2 Å². The van der Waals surface area contributed by atoms with E-state index < -0.39 is 0 Å². The summed E-state index contributed by atoms with van der Waals surface area (Å²) in [5.74, 6) is -0.339. The van der Waals surface area contributed by atoms with Crippen LogP contribution in [0.3, 0.4) is 0 Å². The number of H-pyrrole nitrogens is 1. The van der Waals surface area contributed by atoms with Crippen molar-refractivity contribution < 1.29 is 9.53 Å². The maximum Gasteiger partial charge on any atom is 0.342 e. The van der Waals surface area contributed by atoms with Gasteiger partial charge >= 0.3 is 5.97 Å². The zero-order valence-corrected chi connectivity index (χ0v) is 9.93. The Kier molecular flexibility index (Phi) is 3.05. The molecule has 2 aromatic heterocycles. The van der Waals surface area contributed by atoms with E-state index in [4.69, 9.17) is 4.74 Å². The zero-order chi connectivity index (χ0) is 11.5. The van der Waals surface area contributed by atoms with Crippen molar-refractivity contribution in [3.05, 3.63) is 28.8 Å². The summed E-state index contributed by atoms with van der Waals surface area (Å²) in [7, 11) is 1.38. The van der Waals surface area contributed by atoms with Crippen molar-refractivity contribution in [2.75, 3.05) is 7.11 Å². The maximum absolute atomic E-state index is 11.7. The minimum atomic E-state index is -0.339. The predicted octanol–water partition coefficient (Wildman–Crippen LogP) is 2.49. The molecule has 0 unspecified atom stereocenters. The molecule has 0 amide bonds. The van der Waals surface area contributed by atoms with Crippen molar-refractivity contribution in [1.29, 1.82) is 0 Å². The number of hydrogen-bond donors (Lipinski definition) is 1. The van der Waals surface area contributed by atoms with E-state index in [-0.39, 0.29) is 5.97 Å². The van der Waals surface area contributed by atoms with E-state index >= 15 is 0 Å².